The summed E-state index contributed by atoms with van der Waals surface area (Å²) in [7, 11) is -1.23. The number of aromatic nitrogens is 2. The Morgan fingerprint density at radius 1 is 1.15 bits per heavy atom. The van der Waals surface area contributed by atoms with Crippen molar-refractivity contribution in [2.24, 2.45) is 20.0 Å². The van der Waals surface area contributed by atoms with E-state index in [0.29, 0.717) is 12.3 Å². The molecule has 1 N–H and O–H groups in total. The lowest BCUT2D eigenvalue weighted by Gasteiger charge is -2.13. The monoisotopic (exact) mass is 303 g/mol. The van der Waals surface area contributed by atoms with Gasteiger partial charge in [0.25, 0.3) is 5.56 Å². The second-order valence-electron chi connectivity index (χ2n) is 5.20. The van der Waals surface area contributed by atoms with Crippen LogP contribution in [0.2, 0.25) is 0 Å². The lowest BCUT2D eigenvalue weighted by molar-refractivity contribution is 0.544. The van der Waals surface area contributed by atoms with Crippen LogP contribution in [0.5, 0.6) is 0 Å². The summed E-state index contributed by atoms with van der Waals surface area (Å²) in [5.41, 5.74) is -1.22. The average molecular weight is 303 g/mol. The van der Waals surface area contributed by atoms with E-state index in [-0.39, 0.29) is 17.1 Å². The number of rotatable bonds is 5. The van der Waals surface area contributed by atoms with Gasteiger partial charge in [-0.3, -0.25) is 13.9 Å². The van der Waals surface area contributed by atoms with Gasteiger partial charge >= 0.3 is 5.69 Å². The molecule has 0 spiro atoms. The van der Waals surface area contributed by atoms with Crippen LogP contribution in [-0.4, -0.2) is 24.1 Å². The third-order valence-electron chi connectivity index (χ3n) is 3.19. The van der Waals surface area contributed by atoms with Crippen molar-refractivity contribution in [1.29, 1.82) is 0 Å². The molecule has 1 aromatic rings. The maximum atomic E-state index is 12.2. The molecule has 0 bridgehead atoms. The SMILES string of the molecule is Cc1c(S(=O)(=O)NCCC(C)C)c(=O)n(C)c(=O)n1C. The van der Waals surface area contributed by atoms with Gasteiger partial charge in [0, 0.05) is 26.3 Å². The van der Waals surface area contributed by atoms with Crippen LogP contribution in [0.4, 0.5) is 0 Å². The van der Waals surface area contributed by atoms with Gasteiger partial charge in [-0.15, -0.1) is 0 Å². The van der Waals surface area contributed by atoms with Crippen LogP contribution in [0.25, 0.3) is 0 Å². The van der Waals surface area contributed by atoms with E-state index in [2.05, 4.69) is 4.72 Å². The standard InChI is InChI=1S/C12H21N3O4S/c1-8(2)6-7-13-20(18,19)10-9(3)14(4)12(17)15(5)11(10)16/h8,13H,6-7H2,1-5H3. The molecule has 0 atom stereocenters. The van der Waals surface area contributed by atoms with Crippen molar-refractivity contribution in [2.45, 2.75) is 32.1 Å². The van der Waals surface area contributed by atoms with Crippen LogP contribution in [0.3, 0.4) is 0 Å². The maximum absolute atomic E-state index is 12.2. The van der Waals surface area contributed by atoms with Crippen molar-refractivity contribution in [1.82, 2.24) is 13.9 Å². The molecule has 8 heteroatoms. The quantitative estimate of drug-likeness (QED) is 0.810. The summed E-state index contributed by atoms with van der Waals surface area (Å²) in [5.74, 6) is 0.349. The maximum Gasteiger partial charge on any atom is 0.330 e. The highest BCUT2D eigenvalue weighted by Crippen LogP contribution is 2.08. The number of sulfonamides is 1. The molecule has 0 aliphatic carbocycles. The van der Waals surface area contributed by atoms with E-state index in [9.17, 15) is 18.0 Å². The van der Waals surface area contributed by atoms with Gasteiger partial charge in [0.1, 0.15) is 0 Å². The second-order valence-corrected chi connectivity index (χ2v) is 6.90. The van der Waals surface area contributed by atoms with Crippen molar-refractivity contribution < 1.29 is 8.42 Å². The van der Waals surface area contributed by atoms with Crippen LogP contribution in [0.1, 0.15) is 26.0 Å². The first kappa shape index (κ1) is 16.6. The molecule has 1 heterocycles. The molecule has 20 heavy (non-hydrogen) atoms. The summed E-state index contributed by atoms with van der Waals surface area (Å²) >= 11 is 0. The zero-order valence-corrected chi connectivity index (χ0v) is 13.2. The molecule has 0 saturated heterocycles. The van der Waals surface area contributed by atoms with Gasteiger partial charge in [0.2, 0.25) is 10.0 Å². The van der Waals surface area contributed by atoms with Crippen LogP contribution in [0, 0.1) is 12.8 Å². The lowest BCUT2D eigenvalue weighted by Crippen LogP contribution is -2.43. The fourth-order valence-electron chi connectivity index (χ4n) is 1.78. The fourth-order valence-corrected chi connectivity index (χ4v) is 3.20. The molecular formula is C12H21N3O4S. The molecule has 0 radical (unpaired) electrons. The topological polar surface area (TPSA) is 90.2 Å². The van der Waals surface area contributed by atoms with Gasteiger partial charge in [-0.05, 0) is 19.3 Å². The number of hydrogen-bond donors (Lipinski definition) is 1. The average Bonchev–Trinajstić information content (AvgIpc) is 2.33. The molecule has 0 aromatic carbocycles. The molecule has 114 valence electrons. The summed E-state index contributed by atoms with van der Waals surface area (Å²) < 4.78 is 28.8. The Bertz CT molecular complexity index is 713. The third-order valence-corrected chi connectivity index (χ3v) is 4.78. The molecule has 0 amide bonds. The number of hydrogen-bond acceptors (Lipinski definition) is 4. The Morgan fingerprint density at radius 3 is 2.20 bits per heavy atom. The first-order valence-corrected chi connectivity index (χ1v) is 7.84. The minimum atomic E-state index is -3.92. The van der Waals surface area contributed by atoms with E-state index in [4.69, 9.17) is 0 Å². The molecule has 0 aliphatic heterocycles. The van der Waals surface area contributed by atoms with Gasteiger partial charge in [-0.2, -0.15) is 0 Å². The Balaban J connectivity index is 3.33. The summed E-state index contributed by atoms with van der Waals surface area (Å²) in [4.78, 5) is 23.4. The third kappa shape index (κ3) is 3.18. The Labute approximate surface area is 118 Å². The smallest absolute Gasteiger partial charge is 0.300 e. The molecule has 0 unspecified atom stereocenters. The van der Waals surface area contributed by atoms with Crippen molar-refractivity contribution in [3.05, 3.63) is 26.5 Å². The van der Waals surface area contributed by atoms with Crippen molar-refractivity contribution in [3.8, 4) is 0 Å². The summed E-state index contributed by atoms with van der Waals surface area (Å²) in [6.45, 7) is 5.65. The normalized spacial score (nSPS) is 12.1. The Morgan fingerprint density at radius 2 is 1.70 bits per heavy atom. The van der Waals surface area contributed by atoms with E-state index < -0.39 is 21.3 Å². The zero-order valence-electron chi connectivity index (χ0n) is 12.4. The van der Waals surface area contributed by atoms with Crippen LogP contribution >= 0.6 is 0 Å². The van der Waals surface area contributed by atoms with Crippen molar-refractivity contribution >= 4 is 10.0 Å². The van der Waals surface area contributed by atoms with E-state index in [1.807, 2.05) is 13.8 Å². The lowest BCUT2D eigenvalue weighted by atomic mass is 10.1. The van der Waals surface area contributed by atoms with Gasteiger partial charge in [0.05, 0.1) is 0 Å². The van der Waals surface area contributed by atoms with Gasteiger partial charge in [0.15, 0.2) is 4.90 Å². The van der Waals surface area contributed by atoms with Crippen molar-refractivity contribution in [2.75, 3.05) is 6.54 Å². The first-order chi connectivity index (χ1) is 9.09. The van der Waals surface area contributed by atoms with Gasteiger partial charge < -0.3 is 0 Å². The molecule has 0 saturated carbocycles. The highest BCUT2D eigenvalue weighted by atomic mass is 32.2. The minimum Gasteiger partial charge on any atom is -0.300 e. The Hall–Kier alpha value is -1.41. The largest absolute Gasteiger partial charge is 0.330 e. The predicted octanol–water partition coefficient (Wildman–Crippen LogP) is -0.283. The fraction of sp³-hybridized carbons (Fsp3) is 0.667. The van der Waals surface area contributed by atoms with E-state index in [0.717, 1.165) is 9.13 Å². The number of nitrogens with one attached hydrogen (secondary N) is 1. The summed E-state index contributed by atoms with van der Waals surface area (Å²) in [6, 6.07) is 0. The van der Waals surface area contributed by atoms with E-state index >= 15 is 0 Å². The molecule has 0 aliphatic rings. The van der Waals surface area contributed by atoms with Crippen LogP contribution < -0.4 is 16.0 Å². The minimum absolute atomic E-state index is 0.134. The molecule has 0 fully saturated rings. The highest BCUT2D eigenvalue weighted by Gasteiger charge is 2.24. The van der Waals surface area contributed by atoms with Gasteiger partial charge in [-0.1, -0.05) is 13.8 Å². The molecular weight excluding hydrogens is 282 g/mol. The van der Waals surface area contributed by atoms with Crippen LogP contribution in [-0.2, 0) is 24.1 Å². The second kappa shape index (κ2) is 5.92. The Kier molecular flexibility index (Phi) is 4.93. The van der Waals surface area contributed by atoms with E-state index in [1.54, 1.807) is 0 Å². The van der Waals surface area contributed by atoms with E-state index in [1.165, 1.54) is 21.0 Å². The molecule has 7 nitrogen and oxygen atoms in total. The van der Waals surface area contributed by atoms with Gasteiger partial charge in [-0.25, -0.2) is 17.9 Å². The summed E-state index contributed by atoms with van der Waals surface area (Å²) in [5, 5.41) is 0. The zero-order chi connectivity index (χ0) is 15.7. The number of nitrogens with zero attached hydrogens (tertiary/aromatic N) is 2. The summed E-state index contributed by atoms with van der Waals surface area (Å²) in [6.07, 6.45) is 0.671. The predicted molar refractivity (Wildman–Crippen MR) is 76.3 cm³/mol. The molecule has 1 aromatic heterocycles. The first-order valence-electron chi connectivity index (χ1n) is 6.36. The molecule has 1 rings (SSSR count). The van der Waals surface area contributed by atoms with Crippen molar-refractivity contribution in [3.63, 3.8) is 0 Å². The van der Waals surface area contributed by atoms with Crippen LogP contribution in [0.15, 0.2) is 14.5 Å². The highest BCUT2D eigenvalue weighted by molar-refractivity contribution is 7.89.